The smallest absolute Gasteiger partial charge is 0.269 e. The lowest BCUT2D eigenvalue weighted by Crippen LogP contribution is -2.32. The first-order valence-corrected chi connectivity index (χ1v) is 6.60. The number of rotatable bonds is 5. The van der Waals surface area contributed by atoms with E-state index in [9.17, 15) is 4.79 Å². The quantitative estimate of drug-likeness (QED) is 0.894. The summed E-state index contributed by atoms with van der Waals surface area (Å²) in [5.41, 5.74) is 2.39. The molecule has 5 nitrogen and oxygen atoms in total. The molecule has 2 rings (SSSR count). The van der Waals surface area contributed by atoms with Gasteiger partial charge in [0.25, 0.3) is 5.91 Å². The molecular weight excluding hydrogens is 252 g/mol. The Bertz CT molecular complexity index is 575. The van der Waals surface area contributed by atoms with Crippen molar-refractivity contribution in [1.82, 2.24) is 20.0 Å². The zero-order chi connectivity index (χ0) is 14.5. The molecule has 0 aliphatic carbocycles. The van der Waals surface area contributed by atoms with E-state index < -0.39 is 0 Å². The number of nitrogens with one attached hydrogen (secondary N) is 1. The van der Waals surface area contributed by atoms with Gasteiger partial charge in [-0.05, 0) is 20.2 Å². The van der Waals surface area contributed by atoms with Gasteiger partial charge in [0.2, 0.25) is 0 Å². The minimum atomic E-state index is -0.0935. The van der Waals surface area contributed by atoms with Gasteiger partial charge in [-0.15, -0.1) is 0 Å². The van der Waals surface area contributed by atoms with Crippen molar-refractivity contribution < 1.29 is 4.79 Å². The minimum absolute atomic E-state index is 0.0935. The lowest BCUT2D eigenvalue weighted by Gasteiger charge is -2.10. The molecule has 0 atom stereocenters. The van der Waals surface area contributed by atoms with E-state index in [0.717, 1.165) is 17.8 Å². The minimum Gasteiger partial charge on any atom is -0.349 e. The van der Waals surface area contributed by atoms with Crippen LogP contribution in [0.5, 0.6) is 0 Å². The lowest BCUT2D eigenvalue weighted by molar-refractivity contribution is 0.0941. The van der Waals surface area contributed by atoms with Crippen LogP contribution in [-0.2, 0) is 7.05 Å². The van der Waals surface area contributed by atoms with Crippen LogP contribution >= 0.6 is 0 Å². The second-order valence-electron chi connectivity index (χ2n) is 4.96. The third-order valence-corrected chi connectivity index (χ3v) is 3.03. The van der Waals surface area contributed by atoms with E-state index >= 15 is 0 Å². The summed E-state index contributed by atoms with van der Waals surface area (Å²) >= 11 is 0. The molecule has 0 saturated heterocycles. The van der Waals surface area contributed by atoms with E-state index in [4.69, 9.17) is 0 Å². The standard InChI is InChI=1S/C15H20N4O/c1-18(2)10-9-16-15(20)14-11-13(17-19(14)3)12-7-5-4-6-8-12/h4-8,11H,9-10H2,1-3H3,(H,16,20). The summed E-state index contributed by atoms with van der Waals surface area (Å²) in [4.78, 5) is 14.1. The normalized spacial score (nSPS) is 10.8. The van der Waals surface area contributed by atoms with Crippen LogP contribution in [0.1, 0.15) is 10.5 Å². The van der Waals surface area contributed by atoms with Gasteiger partial charge >= 0.3 is 0 Å². The van der Waals surface area contributed by atoms with Crippen molar-refractivity contribution in [2.75, 3.05) is 27.2 Å². The highest BCUT2D eigenvalue weighted by Gasteiger charge is 2.13. The first kappa shape index (κ1) is 14.3. The molecule has 0 fully saturated rings. The van der Waals surface area contributed by atoms with Crippen molar-refractivity contribution in [3.63, 3.8) is 0 Å². The third kappa shape index (κ3) is 3.45. The number of carbonyl (C=O) groups is 1. The molecule has 0 aliphatic heterocycles. The van der Waals surface area contributed by atoms with Crippen LogP contribution < -0.4 is 5.32 Å². The molecule has 0 spiro atoms. The molecule has 0 unspecified atom stereocenters. The molecule has 2 aromatic rings. The highest BCUT2D eigenvalue weighted by molar-refractivity contribution is 5.93. The lowest BCUT2D eigenvalue weighted by atomic mass is 10.1. The van der Waals surface area contributed by atoms with Crippen molar-refractivity contribution >= 4 is 5.91 Å². The molecule has 1 aromatic carbocycles. The molecule has 20 heavy (non-hydrogen) atoms. The molecule has 1 aromatic heterocycles. The summed E-state index contributed by atoms with van der Waals surface area (Å²) in [6, 6.07) is 11.7. The van der Waals surface area contributed by atoms with Crippen molar-refractivity contribution in [2.24, 2.45) is 7.05 Å². The summed E-state index contributed by atoms with van der Waals surface area (Å²) in [7, 11) is 5.74. The number of amides is 1. The van der Waals surface area contributed by atoms with E-state index in [1.807, 2.05) is 55.4 Å². The van der Waals surface area contributed by atoms with Gasteiger partial charge in [0.15, 0.2) is 0 Å². The Morgan fingerprint density at radius 3 is 2.65 bits per heavy atom. The molecule has 0 saturated carbocycles. The maximum Gasteiger partial charge on any atom is 0.269 e. The molecular formula is C15H20N4O. The van der Waals surface area contributed by atoms with E-state index in [-0.39, 0.29) is 5.91 Å². The van der Waals surface area contributed by atoms with Crippen LogP contribution in [0.25, 0.3) is 11.3 Å². The van der Waals surface area contributed by atoms with Crippen molar-refractivity contribution in [3.8, 4) is 11.3 Å². The number of carbonyl (C=O) groups excluding carboxylic acids is 1. The molecule has 1 heterocycles. The SMILES string of the molecule is CN(C)CCNC(=O)c1cc(-c2ccccc2)nn1C. The van der Waals surface area contributed by atoms with Gasteiger partial charge in [0.1, 0.15) is 5.69 Å². The highest BCUT2D eigenvalue weighted by atomic mass is 16.2. The molecule has 0 aliphatic rings. The fourth-order valence-corrected chi connectivity index (χ4v) is 1.91. The van der Waals surface area contributed by atoms with Gasteiger partial charge in [0, 0.05) is 25.7 Å². The van der Waals surface area contributed by atoms with Gasteiger partial charge in [0.05, 0.1) is 5.69 Å². The average molecular weight is 272 g/mol. The summed E-state index contributed by atoms with van der Waals surface area (Å²) < 4.78 is 1.62. The second-order valence-corrected chi connectivity index (χ2v) is 4.96. The fraction of sp³-hybridized carbons (Fsp3) is 0.333. The number of nitrogens with zero attached hydrogens (tertiary/aromatic N) is 3. The second kappa shape index (κ2) is 6.34. The van der Waals surface area contributed by atoms with Crippen LogP contribution in [-0.4, -0.2) is 47.8 Å². The summed E-state index contributed by atoms with van der Waals surface area (Å²) in [5.74, 6) is -0.0935. The molecule has 0 bridgehead atoms. The molecule has 0 radical (unpaired) electrons. The Balaban J connectivity index is 2.10. The summed E-state index contributed by atoms with van der Waals surface area (Å²) in [5, 5.41) is 7.29. The Kier molecular flexibility index (Phi) is 4.53. The van der Waals surface area contributed by atoms with Gasteiger partial charge in [-0.1, -0.05) is 30.3 Å². The van der Waals surface area contributed by atoms with Crippen LogP contribution in [0.2, 0.25) is 0 Å². The predicted octanol–water partition coefficient (Wildman–Crippen LogP) is 1.38. The first-order chi connectivity index (χ1) is 9.58. The van der Waals surface area contributed by atoms with Gasteiger partial charge < -0.3 is 10.2 Å². The zero-order valence-corrected chi connectivity index (χ0v) is 12.1. The van der Waals surface area contributed by atoms with E-state index in [2.05, 4.69) is 10.4 Å². The third-order valence-electron chi connectivity index (χ3n) is 3.03. The van der Waals surface area contributed by atoms with Crippen LogP contribution in [0, 0.1) is 0 Å². The van der Waals surface area contributed by atoms with Gasteiger partial charge in [-0.25, -0.2) is 0 Å². The van der Waals surface area contributed by atoms with Gasteiger partial charge in [-0.2, -0.15) is 5.10 Å². The van der Waals surface area contributed by atoms with E-state index in [1.54, 1.807) is 11.7 Å². The van der Waals surface area contributed by atoms with Crippen molar-refractivity contribution in [1.29, 1.82) is 0 Å². The Morgan fingerprint density at radius 2 is 2.00 bits per heavy atom. The van der Waals surface area contributed by atoms with Crippen molar-refractivity contribution in [3.05, 3.63) is 42.1 Å². The van der Waals surface area contributed by atoms with Crippen LogP contribution in [0.3, 0.4) is 0 Å². The van der Waals surface area contributed by atoms with Crippen LogP contribution in [0.15, 0.2) is 36.4 Å². The highest BCUT2D eigenvalue weighted by Crippen LogP contribution is 2.18. The molecule has 1 N–H and O–H groups in total. The summed E-state index contributed by atoms with van der Waals surface area (Å²) in [6.45, 7) is 1.44. The predicted molar refractivity (Wildman–Crippen MR) is 79.5 cm³/mol. The van der Waals surface area contributed by atoms with Crippen molar-refractivity contribution in [2.45, 2.75) is 0 Å². The molecule has 5 heteroatoms. The van der Waals surface area contributed by atoms with E-state index in [0.29, 0.717) is 12.2 Å². The monoisotopic (exact) mass is 272 g/mol. The van der Waals surface area contributed by atoms with Gasteiger partial charge in [-0.3, -0.25) is 9.48 Å². The summed E-state index contributed by atoms with van der Waals surface area (Å²) in [6.07, 6.45) is 0. The number of aromatic nitrogens is 2. The molecule has 106 valence electrons. The Labute approximate surface area is 119 Å². The zero-order valence-electron chi connectivity index (χ0n) is 12.1. The number of benzene rings is 1. The number of likely N-dealkylation sites (N-methyl/N-ethyl adjacent to an activating group) is 1. The number of hydrogen-bond acceptors (Lipinski definition) is 3. The topological polar surface area (TPSA) is 50.2 Å². The van der Waals surface area contributed by atoms with E-state index in [1.165, 1.54) is 0 Å². The number of hydrogen-bond donors (Lipinski definition) is 1. The Morgan fingerprint density at radius 1 is 1.30 bits per heavy atom. The number of aryl methyl sites for hydroxylation is 1. The molecule has 1 amide bonds. The maximum absolute atomic E-state index is 12.1. The fourth-order valence-electron chi connectivity index (χ4n) is 1.91. The van der Waals surface area contributed by atoms with Crippen LogP contribution in [0.4, 0.5) is 0 Å². The average Bonchev–Trinajstić information content (AvgIpc) is 2.81. The first-order valence-electron chi connectivity index (χ1n) is 6.60. The largest absolute Gasteiger partial charge is 0.349 e. The Hall–Kier alpha value is -2.14. The maximum atomic E-state index is 12.1.